The summed E-state index contributed by atoms with van der Waals surface area (Å²) in [5.74, 6) is 0. The average molecular weight is 220 g/mol. The molecule has 0 bridgehead atoms. The molecule has 0 spiro atoms. The van der Waals surface area contributed by atoms with E-state index in [2.05, 4.69) is 20.5 Å². The molecule has 0 aromatic heterocycles. The van der Waals surface area contributed by atoms with Gasteiger partial charge in [0.1, 0.15) is 22.7 Å². The highest BCUT2D eigenvalue weighted by atomic mass is 15.1. The van der Waals surface area contributed by atoms with Crippen molar-refractivity contribution >= 4 is 34.1 Å². The second-order valence-corrected chi connectivity index (χ2v) is 2.67. The van der Waals surface area contributed by atoms with Crippen LogP contribution in [0.2, 0.25) is 0 Å². The van der Waals surface area contributed by atoms with Gasteiger partial charge in [-0.25, -0.2) is 22.1 Å². The Morgan fingerprint density at radius 2 is 0.750 bits per heavy atom. The molecule has 0 aliphatic rings. The molecule has 0 aliphatic carbocycles. The molecule has 0 radical (unpaired) electrons. The summed E-state index contributed by atoms with van der Waals surface area (Å²) >= 11 is 0. The van der Waals surface area contributed by atoms with Crippen LogP contribution in [0, 0.1) is 22.1 Å². The molecule has 1 rings (SSSR count). The molecule has 0 saturated carbocycles. The van der Waals surface area contributed by atoms with Crippen molar-refractivity contribution in [1.82, 2.24) is 0 Å². The number of nitrogens with two attached hydrogens (primary N) is 2. The van der Waals surface area contributed by atoms with E-state index < -0.39 is 0 Å². The van der Waals surface area contributed by atoms with Crippen molar-refractivity contribution in [2.24, 2.45) is 20.5 Å². The Bertz CT molecular complexity index is 403. The van der Waals surface area contributed by atoms with Crippen molar-refractivity contribution in [2.45, 2.75) is 0 Å². The highest BCUT2D eigenvalue weighted by molar-refractivity contribution is 6.00. The lowest BCUT2D eigenvalue weighted by Crippen LogP contribution is -1.93. The van der Waals surface area contributed by atoms with Gasteiger partial charge in [-0.1, -0.05) is 0 Å². The molecule has 0 amide bonds. The molecule has 1 aromatic rings. The van der Waals surface area contributed by atoms with Gasteiger partial charge >= 0.3 is 0 Å². The van der Waals surface area contributed by atoms with E-state index in [4.69, 9.17) is 33.6 Å². The number of benzene rings is 1. The largest absolute Gasteiger partial charge is 0.395 e. The van der Waals surface area contributed by atoms with Crippen molar-refractivity contribution in [2.75, 3.05) is 11.5 Å². The molecule has 0 heterocycles. The van der Waals surface area contributed by atoms with Gasteiger partial charge in [0.15, 0.2) is 0 Å². The zero-order valence-corrected chi connectivity index (χ0v) is 7.94. The van der Waals surface area contributed by atoms with Crippen LogP contribution in [-0.2, 0) is 0 Å². The number of nitrogens with one attached hydrogen (secondary N) is 4. The normalized spacial score (nSPS) is 9.50. The number of nitrogen functional groups attached to an aromatic ring is 2. The van der Waals surface area contributed by atoms with Gasteiger partial charge in [0.2, 0.25) is 0 Å². The summed E-state index contributed by atoms with van der Waals surface area (Å²) in [6, 6.07) is 0. The summed E-state index contributed by atoms with van der Waals surface area (Å²) < 4.78 is 0. The van der Waals surface area contributed by atoms with Crippen molar-refractivity contribution in [3.05, 3.63) is 0 Å². The van der Waals surface area contributed by atoms with Crippen LogP contribution in [0.15, 0.2) is 20.5 Å². The lowest BCUT2D eigenvalue weighted by atomic mass is 10.1. The highest BCUT2D eigenvalue weighted by Crippen LogP contribution is 2.52. The maximum atomic E-state index is 6.89. The Labute approximate surface area is 89.1 Å². The third kappa shape index (κ3) is 1.37. The number of anilines is 2. The summed E-state index contributed by atoms with van der Waals surface area (Å²) in [6.45, 7) is 0. The van der Waals surface area contributed by atoms with Gasteiger partial charge in [-0.3, -0.25) is 0 Å². The van der Waals surface area contributed by atoms with E-state index in [0.29, 0.717) is 0 Å². The Hall–Kier alpha value is -2.78. The quantitative estimate of drug-likeness (QED) is 0.333. The Morgan fingerprint density at radius 3 is 0.875 bits per heavy atom. The van der Waals surface area contributed by atoms with E-state index >= 15 is 0 Å². The van der Waals surface area contributed by atoms with Crippen LogP contribution in [0.3, 0.4) is 0 Å². The fourth-order valence-electron chi connectivity index (χ4n) is 1.19. The third-order valence-corrected chi connectivity index (χ3v) is 1.92. The van der Waals surface area contributed by atoms with Crippen LogP contribution in [0.25, 0.3) is 0 Å². The Kier molecular flexibility index (Phi) is 2.94. The first kappa shape index (κ1) is 11.3. The van der Waals surface area contributed by atoms with E-state index in [1.165, 1.54) is 0 Å². The molecule has 8 N–H and O–H groups in total. The second-order valence-electron chi connectivity index (χ2n) is 2.67. The van der Waals surface area contributed by atoms with Crippen LogP contribution < -0.4 is 11.5 Å². The van der Waals surface area contributed by atoms with Gasteiger partial charge in [-0.05, 0) is 0 Å². The minimum Gasteiger partial charge on any atom is -0.395 e. The predicted molar refractivity (Wildman–Crippen MR) is 54.5 cm³/mol. The van der Waals surface area contributed by atoms with Crippen LogP contribution >= 0.6 is 0 Å². The van der Waals surface area contributed by atoms with Crippen LogP contribution in [0.4, 0.5) is 34.1 Å². The van der Waals surface area contributed by atoms with E-state index in [0.717, 1.165) is 0 Å². The van der Waals surface area contributed by atoms with Crippen molar-refractivity contribution in [3.63, 3.8) is 0 Å². The first-order valence-corrected chi connectivity index (χ1v) is 3.87. The summed E-state index contributed by atoms with van der Waals surface area (Å²) in [6.07, 6.45) is 0. The van der Waals surface area contributed by atoms with Crippen molar-refractivity contribution in [3.8, 4) is 0 Å². The van der Waals surface area contributed by atoms with Crippen LogP contribution in [0.5, 0.6) is 0 Å². The minimum absolute atomic E-state index is 0.156. The third-order valence-electron chi connectivity index (χ3n) is 1.92. The van der Waals surface area contributed by atoms with Gasteiger partial charge < -0.3 is 11.5 Å². The molecule has 10 nitrogen and oxygen atoms in total. The van der Waals surface area contributed by atoms with Gasteiger partial charge in [0.25, 0.3) is 0 Å². The van der Waals surface area contributed by atoms with E-state index in [1.54, 1.807) is 0 Å². The maximum Gasteiger partial charge on any atom is 0.140 e. The van der Waals surface area contributed by atoms with E-state index in [9.17, 15) is 0 Å². The zero-order chi connectivity index (χ0) is 12.3. The van der Waals surface area contributed by atoms with Gasteiger partial charge in [0.05, 0.1) is 11.4 Å². The Balaban J connectivity index is 3.88. The maximum absolute atomic E-state index is 6.89. The number of nitrogens with zero attached hydrogens (tertiary/aromatic N) is 4. The van der Waals surface area contributed by atoms with Gasteiger partial charge in [-0.15, -0.1) is 0 Å². The Morgan fingerprint density at radius 1 is 0.562 bits per heavy atom. The second kappa shape index (κ2) is 4.16. The highest BCUT2D eigenvalue weighted by Gasteiger charge is 2.21. The minimum atomic E-state index is -0.161. The number of rotatable bonds is 4. The lowest BCUT2D eigenvalue weighted by molar-refractivity contribution is 1.08. The summed E-state index contributed by atoms with van der Waals surface area (Å²) in [5, 5.41) is 12.3. The first-order chi connectivity index (χ1) is 7.62. The lowest BCUT2D eigenvalue weighted by Gasteiger charge is -2.10. The van der Waals surface area contributed by atoms with E-state index in [-0.39, 0.29) is 34.1 Å². The summed E-state index contributed by atoms with van der Waals surface area (Å²) in [5.41, 5.74) is 37.7. The SMILES string of the molecule is N=Nc1c(N)c(N=N)c(N=N)c(N)c1N=N. The standard InChI is InChI=1S/C6H8N10/c7-1-3(13-9)5(15-11)2(8)6(16-12)4(1)14-10/h9-12H,7-8H2. The van der Waals surface area contributed by atoms with E-state index in [1.807, 2.05) is 0 Å². The molecule has 0 atom stereocenters. The van der Waals surface area contributed by atoms with Gasteiger partial charge in [-0.2, -0.15) is 20.5 Å². The molecule has 82 valence electrons. The van der Waals surface area contributed by atoms with Crippen LogP contribution in [-0.4, -0.2) is 0 Å². The van der Waals surface area contributed by atoms with Crippen molar-refractivity contribution < 1.29 is 0 Å². The topological polar surface area (TPSA) is 197 Å². The average Bonchev–Trinajstić information content (AvgIpc) is 2.30. The number of hydrogen-bond acceptors (Lipinski definition) is 10. The molecule has 0 saturated heterocycles. The monoisotopic (exact) mass is 220 g/mol. The number of hydrogen-bond donors (Lipinski definition) is 6. The molecular weight excluding hydrogens is 212 g/mol. The van der Waals surface area contributed by atoms with Crippen LogP contribution in [0.1, 0.15) is 0 Å². The molecular formula is C6H8N10. The summed E-state index contributed by atoms with van der Waals surface area (Å²) in [7, 11) is 0. The smallest absolute Gasteiger partial charge is 0.140 e. The first-order valence-electron chi connectivity index (χ1n) is 3.87. The molecule has 10 heteroatoms. The fourth-order valence-corrected chi connectivity index (χ4v) is 1.19. The van der Waals surface area contributed by atoms with Crippen molar-refractivity contribution in [1.29, 1.82) is 22.1 Å². The molecule has 16 heavy (non-hydrogen) atoms. The summed E-state index contributed by atoms with van der Waals surface area (Å²) in [4.78, 5) is 0. The molecule has 0 unspecified atom stereocenters. The fraction of sp³-hybridized carbons (Fsp3) is 0. The molecule has 1 aromatic carbocycles. The predicted octanol–water partition coefficient (Wildman–Crippen LogP) is 3.50. The molecule has 0 aliphatic heterocycles. The molecule has 0 fully saturated rings. The zero-order valence-electron chi connectivity index (χ0n) is 7.94. The van der Waals surface area contributed by atoms with Gasteiger partial charge in [0, 0.05) is 0 Å².